The van der Waals surface area contributed by atoms with Gasteiger partial charge in [0.25, 0.3) is 17.7 Å². The number of benzene rings is 3. The van der Waals surface area contributed by atoms with Gasteiger partial charge in [-0.15, -0.1) is 0 Å². The Morgan fingerprint density at radius 3 is 2.29 bits per heavy atom. The molecule has 34 heavy (non-hydrogen) atoms. The lowest BCUT2D eigenvalue weighted by Crippen LogP contribution is -2.29. The maximum Gasteiger partial charge on any atom is 0.266 e. The van der Waals surface area contributed by atoms with Gasteiger partial charge in [0, 0.05) is 17.8 Å². The summed E-state index contributed by atoms with van der Waals surface area (Å²) in [5.74, 6) is -1.29. The summed E-state index contributed by atoms with van der Waals surface area (Å²) in [5, 5.41) is 3.18. The molecule has 0 saturated carbocycles. The average molecular weight is 474 g/mol. The van der Waals surface area contributed by atoms with Gasteiger partial charge in [-0.3, -0.25) is 19.3 Å². The van der Waals surface area contributed by atoms with E-state index in [9.17, 15) is 14.4 Å². The van der Waals surface area contributed by atoms with Crippen molar-refractivity contribution < 1.29 is 14.4 Å². The third-order valence-corrected chi connectivity index (χ3v) is 6.63. The molecule has 172 valence electrons. The third kappa shape index (κ3) is 4.34. The summed E-state index contributed by atoms with van der Waals surface area (Å²) >= 11 is 6.20. The van der Waals surface area contributed by atoms with Crippen LogP contribution in [0.2, 0.25) is 5.02 Å². The van der Waals surface area contributed by atoms with Crippen molar-refractivity contribution in [2.24, 2.45) is 0 Å². The Morgan fingerprint density at radius 2 is 1.56 bits per heavy atom. The van der Waals surface area contributed by atoms with Crippen molar-refractivity contribution >= 4 is 40.7 Å². The fourth-order valence-corrected chi connectivity index (χ4v) is 4.73. The molecule has 0 atom stereocenters. The second-order valence-corrected chi connectivity index (χ2v) is 9.05. The van der Waals surface area contributed by atoms with Crippen LogP contribution in [0.1, 0.15) is 55.9 Å². The maximum atomic E-state index is 13.0. The number of hydrogen-bond acceptors (Lipinski definition) is 4. The number of nitrogens with zero attached hydrogens (tertiary/aromatic N) is 2. The summed E-state index contributed by atoms with van der Waals surface area (Å²) in [6, 6.07) is 19.0. The molecule has 0 spiro atoms. The molecule has 2 aliphatic heterocycles. The number of anilines is 2. The van der Waals surface area contributed by atoms with E-state index in [1.54, 1.807) is 30.3 Å². The van der Waals surface area contributed by atoms with Gasteiger partial charge in [-0.1, -0.05) is 42.3 Å². The Hall–Kier alpha value is -3.48. The standard InChI is InChI=1S/C27H24ClN3O3/c28-23-6-2-3-7-24(23)31-26(33)21-13-10-19(16-22(21)27(31)34)25(32)29-20-11-8-18(9-12-20)17-30-14-4-1-5-15-30/h2-3,6-13,16H,1,4-5,14-15,17H2,(H,29,32). The molecule has 1 saturated heterocycles. The number of rotatable bonds is 5. The summed E-state index contributed by atoms with van der Waals surface area (Å²) in [7, 11) is 0. The highest BCUT2D eigenvalue weighted by Crippen LogP contribution is 2.33. The Morgan fingerprint density at radius 1 is 0.853 bits per heavy atom. The van der Waals surface area contributed by atoms with Gasteiger partial charge < -0.3 is 5.32 Å². The van der Waals surface area contributed by atoms with Crippen LogP contribution in [-0.4, -0.2) is 35.7 Å². The van der Waals surface area contributed by atoms with E-state index in [4.69, 9.17) is 11.6 Å². The molecule has 3 amide bonds. The third-order valence-electron chi connectivity index (χ3n) is 6.31. The Labute approximate surface area is 203 Å². The number of imide groups is 1. The van der Waals surface area contributed by atoms with Crippen molar-refractivity contribution in [3.63, 3.8) is 0 Å². The maximum absolute atomic E-state index is 13.0. The van der Waals surface area contributed by atoms with Crippen molar-refractivity contribution in [1.82, 2.24) is 4.90 Å². The first-order chi connectivity index (χ1) is 16.5. The fraction of sp³-hybridized carbons (Fsp3) is 0.222. The van der Waals surface area contributed by atoms with E-state index in [1.807, 2.05) is 24.3 Å². The van der Waals surface area contributed by atoms with Crippen LogP contribution >= 0.6 is 11.6 Å². The molecular formula is C27H24ClN3O3. The van der Waals surface area contributed by atoms with Crippen molar-refractivity contribution in [2.75, 3.05) is 23.3 Å². The van der Waals surface area contributed by atoms with E-state index in [0.29, 0.717) is 22.0 Å². The number of para-hydroxylation sites is 1. The van der Waals surface area contributed by atoms with Crippen LogP contribution < -0.4 is 10.2 Å². The predicted molar refractivity (Wildman–Crippen MR) is 133 cm³/mol. The van der Waals surface area contributed by atoms with Gasteiger partial charge >= 0.3 is 0 Å². The monoisotopic (exact) mass is 473 g/mol. The zero-order valence-electron chi connectivity index (χ0n) is 18.6. The fourth-order valence-electron chi connectivity index (χ4n) is 4.51. The minimum absolute atomic E-state index is 0.189. The molecule has 7 heteroatoms. The molecule has 0 bridgehead atoms. The van der Waals surface area contributed by atoms with Crippen LogP contribution in [0, 0.1) is 0 Å². The molecule has 6 nitrogen and oxygen atoms in total. The molecule has 2 aliphatic rings. The molecule has 0 unspecified atom stereocenters. The Bertz CT molecular complexity index is 1270. The topological polar surface area (TPSA) is 69.7 Å². The lowest BCUT2D eigenvalue weighted by Gasteiger charge is -2.26. The van der Waals surface area contributed by atoms with Crippen LogP contribution in [0.3, 0.4) is 0 Å². The molecule has 3 aromatic rings. The van der Waals surface area contributed by atoms with E-state index >= 15 is 0 Å². The highest BCUT2D eigenvalue weighted by atomic mass is 35.5. The van der Waals surface area contributed by atoms with Crippen molar-refractivity contribution in [3.05, 3.63) is 94.0 Å². The lowest BCUT2D eigenvalue weighted by atomic mass is 10.1. The van der Waals surface area contributed by atoms with Crippen molar-refractivity contribution in [3.8, 4) is 0 Å². The number of likely N-dealkylation sites (tertiary alicyclic amines) is 1. The molecule has 0 aromatic heterocycles. The average Bonchev–Trinajstić information content (AvgIpc) is 3.10. The Kier molecular flexibility index (Phi) is 6.18. The van der Waals surface area contributed by atoms with Gasteiger partial charge in [0.05, 0.1) is 21.8 Å². The van der Waals surface area contributed by atoms with Gasteiger partial charge in [0.2, 0.25) is 0 Å². The van der Waals surface area contributed by atoms with Gasteiger partial charge in [0.1, 0.15) is 0 Å². The summed E-state index contributed by atoms with van der Waals surface area (Å²) < 4.78 is 0. The predicted octanol–water partition coefficient (Wildman–Crippen LogP) is 5.38. The quantitative estimate of drug-likeness (QED) is 0.505. The van der Waals surface area contributed by atoms with E-state index in [1.165, 1.54) is 37.0 Å². The smallest absolute Gasteiger partial charge is 0.266 e. The van der Waals surface area contributed by atoms with E-state index in [2.05, 4.69) is 10.2 Å². The molecule has 1 fully saturated rings. The molecule has 2 heterocycles. The number of hydrogen-bond donors (Lipinski definition) is 1. The van der Waals surface area contributed by atoms with Gasteiger partial charge in [-0.25, -0.2) is 4.90 Å². The highest BCUT2D eigenvalue weighted by Gasteiger charge is 2.38. The van der Waals surface area contributed by atoms with Gasteiger partial charge in [0.15, 0.2) is 0 Å². The molecule has 0 aliphatic carbocycles. The zero-order chi connectivity index (χ0) is 23.7. The normalized spacial score (nSPS) is 16.0. The van der Waals surface area contributed by atoms with Crippen LogP contribution in [0.25, 0.3) is 0 Å². The van der Waals surface area contributed by atoms with Gasteiger partial charge in [-0.05, 0) is 74.0 Å². The minimum atomic E-state index is -0.496. The number of piperidine rings is 1. The molecule has 0 radical (unpaired) electrons. The second-order valence-electron chi connectivity index (χ2n) is 8.65. The summed E-state index contributed by atoms with van der Waals surface area (Å²) in [6.45, 7) is 3.18. The number of carbonyl (C=O) groups is 3. The van der Waals surface area contributed by atoms with Crippen LogP contribution in [0.15, 0.2) is 66.7 Å². The van der Waals surface area contributed by atoms with Crippen molar-refractivity contribution in [1.29, 1.82) is 0 Å². The number of fused-ring (bicyclic) bond motifs is 1. The Balaban J connectivity index is 1.30. The van der Waals surface area contributed by atoms with Crippen LogP contribution in [-0.2, 0) is 6.54 Å². The largest absolute Gasteiger partial charge is 0.322 e. The molecular weight excluding hydrogens is 450 g/mol. The van der Waals surface area contributed by atoms with E-state index in [-0.39, 0.29) is 17.0 Å². The number of carbonyl (C=O) groups excluding carboxylic acids is 3. The highest BCUT2D eigenvalue weighted by molar-refractivity contribution is 6.40. The van der Waals surface area contributed by atoms with Gasteiger partial charge in [-0.2, -0.15) is 0 Å². The van der Waals surface area contributed by atoms with E-state index in [0.717, 1.165) is 24.5 Å². The molecule has 1 N–H and O–H groups in total. The summed E-state index contributed by atoms with van der Waals surface area (Å²) in [5.41, 5.74) is 2.96. The SMILES string of the molecule is O=C(Nc1ccc(CN2CCCCC2)cc1)c1ccc2c(c1)C(=O)N(c1ccccc1Cl)C2=O. The molecule has 5 rings (SSSR count). The van der Waals surface area contributed by atoms with Crippen molar-refractivity contribution in [2.45, 2.75) is 25.8 Å². The van der Waals surface area contributed by atoms with Crippen LogP contribution in [0.4, 0.5) is 11.4 Å². The summed E-state index contributed by atoms with van der Waals surface area (Å²) in [6.07, 6.45) is 3.81. The lowest BCUT2D eigenvalue weighted by molar-refractivity contribution is 0.0925. The van der Waals surface area contributed by atoms with Crippen LogP contribution in [0.5, 0.6) is 0 Å². The first-order valence-electron chi connectivity index (χ1n) is 11.4. The van der Waals surface area contributed by atoms with E-state index < -0.39 is 11.8 Å². The number of halogens is 1. The summed E-state index contributed by atoms with van der Waals surface area (Å²) in [4.78, 5) is 42.2. The first-order valence-corrected chi connectivity index (χ1v) is 11.8. The number of nitrogens with one attached hydrogen (secondary N) is 1. The first kappa shape index (κ1) is 22.3. The second kappa shape index (κ2) is 9.41. The number of amides is 3. The minimum Gasteiger partial charge on any atom is -0.322 e. The zero-order valence-corrected chi connectivity index (χ0v) is 19.3. The molecule has 3 aromatic carbocycles.